The molecule has 0 saturated heterocycles. The Morgan fingerprint density at radius 2 is 0.926 bits per heavy atom. The fourth-order valence-corrected chi connectivity index (χ4v) is 1.78. The SMILES string of the molecule is CC(=[OH+])[CH-]C(=[OH+])c1ccccc1.CC(=[OH+])[CH-]C(=[OH+])c1ccccc1.[O]=[U+2]=[O]. The summed E-state index contributed by atoms with van der Waals surface area (Å²) < 4.78 is 17.2. The molecule has 0 spiro atoms. The van der Waals surface area contributed by atoms with Crippen LogP contribution in [-0.2, 0) is 4.47 Å². The van der Waals surface area contributed by atoms with Gasteiger partial charge >= 0.3 is 32.3 Å². The number of ketones is 4. The third-order valence-electron chi connectivity index (χ3n) is 2.83. The third kappa shape index (κ3) is 12.5. The molecule has 0 aliphatic heterocycles. The molecule has 138 valence electrons. The molecule has 2 rings (SSSR count). The Morgan fingerprint density at radius 3 is 1.15 bits per heavy atom. The van der Waals surface area contributed by atoms with Crippen molar-refractivity contribution in [1.29, 1.82) is 0 Å². The van der Waals surface area contributed by atoms with Crippen molar-refractivity contribution >= 4 is 23.1 Å². The maximum atomic E-state index is 9.37. The van der Waals surface area contributed by atoms with E-state index in [9.17, 15) is 9.59 Å². The standard InChI is InChI=1S/2C10H9O2.2O.U/c2*1-8(11)7-10(12)9-5-3-2-4-6-9;;;/h2*2-7H,1H3;;;/q2*-1;;;+2/p+4. The van der Waals surface area contributed by atoms with Crippen LogP contribution in [0, 0.1) is 40.7 Å². The zero-order valence-electron chi connectivity index (χ0n) is 15.0. The summed E-state index contributed by atoms with van der Waals surface area (Å²) >= 11 is -2.51. The van der Waals surface area contributed by atoms with Gasteiger partial charge in [-0.05, 0) is 12.8 Å². The van der Waals surface area contributed by atoms with Gasteiger partial charge < -0.3 is 9.59 Å². The molecule has 0 unspecified atom stereocenters. The van der Waals surface area contributed by atoms with Gasteiger partial charge in [0.2, 0.25) is 23.1 Å². The molecule has 4 N–H and O–H groups in total. The van der Waals surface area contributed by atoms with Crippen LogP contribution in [0.25, 0.3) is 0 Å². The molecule has 6 nitrogen and oxygen atoms in total. The molecule has 0 aromatic heterocycles. The Kier molecular flexibility index (Phi) is 13.3. The summed E-state index contributed by atoms with van der Waals surface area (Å²) in [5, 5.41) is 0. The number of hydrogen-bond acceptors (Lipinski definition) is 2. The van der Waals surface area contributed by atoms with Crippen LogP contribution in [-0.4, -0.2) is 42.3 Å². The molecule has 0 bridgehead atoms. The van der Waals surface area contributed by atoms with Gasteiger partial charge in [-0.25, -0.2) is 0 Å². The Labute approximate surface area is 172 Å². The predicted octanol–water partition coefficient (Wildman–Crippen LogP) is 2.46. The van der Waals surface area contributed by atoms with Crippen LogP contribution < -0.4 is 0 Å². The molecule has 0 heterocycles. The Bertz CT molecular complexity index is 730. The Balaban J connectivity index is 0.000000438. The first-order chi connectivity index (χ1) is 12.8. The van der Waals surface area contributed by atoms with E-state index in [-0.39, 0.29) is 23.1 Å². The molecule has 0 fully saturated rings. The van der Waals surface area contributed by atoms with Crippen molar-refractivity contribution in [2.75, 3.05) is 0 Å². The van der Waals surface area contributed by atoms with Gasteiger partial charge in [0.25, 0.3) is 0 Å². The van der Waals surface area contributed by atoms with Gasteiger partial charge in [-0.1, -0.05) is 47.5 Å². The van der Waals surface area contributed by atoms with Crippen molar-refractivity contribution in [2.24, 2.45) is 0 Å². The molecular formula is C20H22O6U+4. The van der Waals surface area contributed by atoms with Gasteiger partial charge in [0.05, 0.1) is 0 Å². The maximum absolute atomic E-state index is 9.37. The van der Waals surface area contributed by atoms with Crippen LogP contribution in [0.2, 0.25) is 0 Å². The van der Waals surface area contributed by atoms with Crippen LogP contribution in [0.5, 0.6) is 0 Å². The summed E-state index contributed by atoms with van der Waals surface area (Å²) in [6.45, 7) is 3.03. The van der Waals surface area contributed by atoms with E-state index >= 15 is 0 Å². The van der Waals surface area contributed by atoms with Crippen molar-refractivity contribution < 1.29 is 51.5 Å². The zero-order valence-corrected chi connectivity index (χ0v) is 19.2. The van der Waals surface area contributed by atoms with Crippen molar-refractivity contribution in [3.05, 3.63) is 84.6 Å². The quantitative estimate of drug-likeness (QED) is 0.220. The number of benzene rings is 2. The zero-order chi connectivity index (χ0) is 20.7. The normalized spacial score (nSPS) is 8.37. The molecule has 27 heavy (non-hydrogen) atoms. The minimum atomic E-state index is -2.51. The van der Waals surface area contributed by atoms with E-state index in [4.69, 9.17) is 14.1 Å². The number of rotatable bonds is 6. The predicted molar refractivity (Wildman–Crippen MR) is 100 cm³/mol. The number of carbonyl (C=O) groups excluding carboxylic acids is 4. The molecule has 0 radical (unpaired) electrons. The first kappa shape index (κ1) is 24.5. The van der Waals surface area contributed by atoms with Gasteiger partial charge in [0.15, 0.2) is 0 Å². The molecule has 2 aromatic rings. The Hall–Kier alpha value is -2.49. The Morgan fingerprint density at radius 1 is 0.667 bits per heavy atom. The fourth-order valence-electron chi connectivity index (χ4n) is 1.78. The molecule has 0 amide bonds. The summed E-state index contributed by atoms with van der Waals surface area (Å²) in [5.41, 5.74) is 1.40. The van der Waals surface area contributed by atoms with Crippen LogP contribution in [0.4, 0.5) is 0 Å². The van der Waals surface area contributed by atoms with Crippen molar-refractivity contribution in [1.82, 2.24) is 0 Å². The second-order valence-electron chi connectivity index (χ2n) is 5.16. The van der Waals surface area contributed by atoms with E-state index in [1.807, 2.05) is 36.4 Å². The van der Waals surface area contributed by atoms with Crippen LogP contribution in [0.15, 0.2) is 60.7 Å². The van der Waals surface area contributed by atoms with Gasteiger partial charge in [-0.2, -0.15) is 0 Å². The van der Waals surface area contributed by atoms with Crippen LogP contribution >= 0.6 is 0 Å². The summed E-state index contributed by atoms with van der Waals surface area (Å²) in [6.07, 6.45) is 2.63. The van der Waals surface area contributed by atoms with E-state index < -0.39 is 27.8 Å². The van der Waals surface area contributed by atoms with E-state index in [1.165, 1.54) is 26.7 Å². The number of hydrogen-bond donors (Lipinski definition) is 0. The fraction of sp³-hybridized carbons (Fsp3) is 0.100. The monoisotopic (exact) mass is 596 g/mol. The van der Waals surface area contributed by atoms with Crippen molar-refractivity contribution in [3.63, 3.8) is 0 Å². The molecule has 2 aromatic carbocycles. The molecular weight excluding hydrogens is 574 g/mol. The first-order valence-electron chi connectivity index (χ1n) is 7.78. The van der Waals surface area contributed by atoms with E-state index in [1.54, 1.807) is 24.3 Å². The van der Waals surface area contributed by atoms with Gasteiger partial charge in [-0.15, -0.1) is 24.3 Å². The molecule has 0 atom stereocenters. The van der Waals surface area contributed by atoms with Gasteiger partial charge in [0, 0.05) is 13.8 Å². The van der Waals surface area contributed by atoms with E-state index in [0.717, 1.165) is 0 Å². The van der Waals surface area contributed by atoms with Crippen LogP contribution in [0.3, 0.4) is 0 Å². The summed E-state index contributed by atoms with van der Waals surface area (Å²) in [5.74, 6) is 0.346. The molecule has 7 heteroatoms. The average molecular weight is 596 g/mol. The van der Waals surface area contributed by atoms with Crippen molar-refractivity contribution in [3.8, 4) is 0 Å². The topological polar surface area (TPSA) is 120 Å². The van der Waals surface area contributed by atoms with Gasteiger partial charge in [-0.3, -0.25) is 9.59 Å². The second kappa shape index (κ2) is 14.7. The molecule has 0 saturated carbocycles. The van der Waals surface area contributed by atoms with Crippen molar-refractivity contribution in [2.45, 2.75) is 13.8 Å². The summed E-state index contributed by atoms with van der Waals surface area (Å²) in [7, 11) is 0. The molecule has 0 aliphatic rings. The summed E-state index contributed by atoms with van der Waals surface area (Å²) in [6, 6.07) is 18.1. The summed E-state index contributed by atoms with van der Waals surface area (Å²) in [4.78, 5) is 36.5. The van der Waals surface area contributed by atoms with Gasteiger partial charge in [0.1, 0.15) is 0 Å². The third-order valence-corrected chi connectivity index (χ3v) is 2.83. The van der Waals surface area contributed by atoms with Crippen LogP contribution in [0.1, 0.15) is 25.0 Å². The first-order valence-corrected chi connectivity index (χ1v) is 11.2. The molecule has 0 aliphatic carbocycles. The second-order valence-corrected chi connectivity index (χ2v) is 5.85. The van der Waals surface area contributed by atoms with E-state index in [0.29, 0.717) is 11.1 Å². The minimum absolute atomic E-state index is 0.0793. The average Bonchev–Trinajstić information content (AvgIpc) is 2.63. The van der Waals surface area contributed by atoms with E-state index in [2.05, 4.69) is 0 Å².